The third-order valence-electron chi connectivity index (χ3n) is 5.12. The maximum atomic E-state index is 4.47. The van der Waals surface area contributed by atoms with Gasteiger partial charge in [0.05, 0.1) is 5.52 Å². The van der Waals surface area contributed by atoms with Gasteiger partial charge in [-0.15, -0.1) is 0 Å². The second-order valence-corrected chi connectivity index (χ2v) is 6.82. The lowest BCUT2D eigenvalue weighted by molar-refractivity contribution is 0.122. The van der Waals surface area contributed by atoms with Gasteiger partial charge in [0.25, 0.3) is 0 Å². The second kappa shape index (κ2) is 5.08. The summed E-state index contributed by atoms with van der Waals surface area (Å²) in [5.41, 5.74) is 2.83. The first-order valence-electron chi connectivity index (χ1n) is 8.05. The Labute approximate surface area is 126 Å². The highest BCUT2D eigenvalue weighted by Gasteiger charge is 2.43. The van der Waals surface area contributed by atoms with E-state index in [9.17, 15) is 0 Å². The van der Waals surface area contributed by atoms with Crippen molar-refractivity contribution in [3.05, 3.63) is 42.1 Å². The van der Waals surface area contributed by atoms with Gasteiger partial charge in [0, 0.05) is 43.3 Å². The first kappa shape index (κ1) is 13.2. The average molecular weight is 281 g/mol. The first-order valence-corrected chi connectivity index (χ1v) is 8.05. The second-order valence-electron chi connectivity index (χ2n) is 6.82. The summed E-state index contributed by atoms with van der Waals surface area (Å²) in [6.07, 6.45) is 4.74. The van der Waals surface area contributed by atoms with Crippen molar-refractivity contribution in [3.63, 3.8) is 0 Å². The summed E-state index contributed by atoms with van der Waals surface area (Å²) >= 11 is 0. The van der Waals surface area contributed by atoms with E-state index in [-0.39, 0.29) is 0 Å². The number of para-hydroxylation sites is 1. The molecule has 2 fully saturated rings. The smallest absolute Gasteiger partial charge is 0.0705 e. The first-order chi connectivity index (χ1) is 10.2. The number of pyridine rings is 1. The van der Waals surface area contributed by atoms with Crippen molar-refractivity contribution in [2.24, 2.45) is 5.92 Å². The van der Waals surface area contributed by atoms with E-state index in [4.69, 9.17) is 0 Å². The van der Waals surface area contributed by atoms with Crippen molar-refractivity contribution >= 4 is 10.9 Å². The Kier molecular flexibility index (Phi) is 3.20. The van der Waals surface area contributed by atoms with Gasteiger partial charge in [-0.25, -0.2) is 0 Å². The van der Waals surface area contributed by atoms with Gasteiger partial charge >= 0.3 is 0 Å². The van der Waals surface area contributed by atoms with E-state index in [0.717, 1.165) is 37.6 Å². The zero-order valence-corrected chi connectivity index (χ0v) is 12.7. The lowest BCUT2D eigenvalue weighted by Gasteiger charge is -2.42. The van der Waals surface area contributed by atoms with Crippen molar-refractivity contribution < 1.29 is 0 Å². The quantitative estimate of drug-likeness (QED) is 0.937. The molecule has 1 aliphatic heterocycles. The van der Waals surface area contributed by atoms with Gasteiger partial charge in [0.2, 0.25) is 0 Å². The fourth-order valence-electron chi connectivity index (χ4n) is 3.76. The number of hydrogen-bond donors (Lipinski definition) is 1. The molecule has 2 aliphatic rings. The molecular weight excluding hydrogens is 258 g/mol. The number of fused-ring (bicyclic) bond motifs is 1. The predicted octanol–water partition coefficient (Wildman–Crippen LogP) is 2.81. The molecule has 21 heavy (non-hydrogen) atoms. The monoisotopic (exact) mass is 281 g/mol. The molecule has 0 radical (unpaired) electrons. The molecule has 1 atom stereocenters. The molecule has 1 saturated carbocycles. The summed E-state index contributed by atoms with van der Waals surface area (Å²) in [6, 6.07) is 10.7. The largest absolute Gasteiger partial charge is 0.309 e. The fourth-order valence-corrected chi connectivity index (χ4v) is 3.76. The third kappa shape index (κ3) is 2.56. The summed E-state index contributed by atoms with van der Waals surface area (Å²) in [5.74, 6) is 0.884. The molecule has 3 heteroatoms. The molecule has 0 spiro atoms. The lowest BCUT2D eigenvalue weighted by Crippen LogP contribution is -2.59. The third-order valence-corrected chi connectivity index (χ3v) is 5.12. The van der Waals surface area contributed by atoms with Crippen molar-refractivity contribution in [2.75, 3.05) is 19.6 Å². The minimum atomic E-state index is 0.321. The van der Waals surface area contributed by atoms with Crippen LogP contribution in [0.1, 0.15) is 25.3 Å². The minimum Gasteiger partial charge on any atom is -0.309 e. The van der Waals surface area contributed by atoms with Crippen LogP contribution >= 0.6 is 0 Å². The van der Waals surface area contributed by atoms with Gasteiger partial charge in [-0.1, -0.05) is 18.2 Å². The van der Waals surface area contributed by atoms with E-state index in [0.29, 0.717) is 5.54 Å². The van der Waals surface area contributed by atoms with Crippen LogP contribution in [-0.4, -0.2) is 35.1 Å². The van der Waals surface area contributed by atoms with E-state index in [1.54, 1.807) is 0 Å². The van der Waals surface area contributed by atoms with Gasteiger partial charge in [-0.05, 0) is 43.4 Å². The van der Waals surface area contributed by atoms with Crippen molar-refractivity contribution in [2.45, 2.75) is 31.8 Å². The molecule has 1 aliphatic carbocycles. The van der Waals surface area contributed by atoms with Crippen LogP contribution in [0.25, 0.3) is 10.9 Å². The number of aromatic nitrogens is 1. The van der Waals surface area contributed by atoms with Crippen molar-refractivity contribution in [1.82, 2.24) is 15.2 Å². The average Bonchev–Trinajstić information content (AvgIpc) is 3.33. The van der Waals surface area contributed by atoms with Crippen LogP contribution in [0.5, 0.6) is 0 Å². The number of nitrogens with zero attached hydrogens (tertiary/aromatic N) is 2. The summed E-state index contributed by atoms with van der Waals surface area (Å²) < 4.78 is 0. The topological polar surface area (TPSA) is 28.2 Å². The normalized spacial score (nSPS) is 27.1. The molecule has 1 aromatic carbocycles. The van der Waals surface area contributed by atoms with Crippen LogP contribution in [0.15, 0.2) is 36.5 Å². The van der Waals surface area contributed by atoms with Crippen LogP contribution in [0, 0.1) is 5.92 Å². The van der Waals surface area contributed by atoms with E-state index in [1.165, 1.54) is 23.8 Å². The standard InChI is InChI=1S/C18H23N3/c1-18(15-6-7-15)13-21(11-10-20-18)12-14-8-9-19-17-5-3-2-4-16(14)17/h2-5,8-9,15,20H,6-7,10-13H2,1H3. The lowest BCUT2D eigenvalue weighted by atomic mass is 9.92. The number of nitrogens with one attached hydrogen (secondary N) is 1. The Morgan fingerprint density at radius 2 is 2.14 bits per heavy atom. The minimum absolute atomic E-state index is 0.321. The maximum Gasteiger partial charge on any atom is 0.0705 e. The Morgan fingerprint density at radius 3 is 3.00 bits per heavy atom. The summed E-state index contributed by atoms with van der Waals surface area (Å²) in [4.78, 5) is 7.08. The molecule has 1 saturated heterocycles. The van der Waals surface area contributed by atoms with E-state index in [1.807, 2.05) is 6.20 Å². The number of benzene rings is 1. The number of piperazine rings is 1. The van der Waals surface area contributed by atoms with Gasteiger partial charge in [-0.2, -0.15) is 0 Å². The van der Waals surface area contributed by atoms with E-state index < -0.39 is 0 Å². The number of rotatable bonds is 3. The van der Waals surface area contributed by atoms with Crippen molar-refractivity contribution in [3.8, 4) is 0 Å². The Balaban J connectivity index is 1.57. The molecule has 1 unspecified atom stereocenters. The summed E-state index contributed by atoms with van der Waals surface area (Å²) in [7, 11) is 0. The zero-order valence-electron chi connectivity index (χ0n) is 12.7. The van der Waals surface area contributed by atoms with E-state index in [2.05, 4.69) is 52.5 Å². The molecule has 2 aromatic rings. The van der Waals surface area contributed by atoms with Crippen molar-refractivity contribution in [1.29, 1.82) is 0 Å². The Hall–Kier alpha value is -1.45. The van der Waals surface area contributed by atoms with Crippen LogP contribution < -0.4 is 5.32 Å². The molecule has 4 rings (SSSR count). The van der Waals surface area contributed by atoms with Gasteiger partial charge < -0.3 is 5.32 Å². The fraction of sp³-hybridized carbons (Fsp3) is 0.500. The molecule has 2 heterocycles. The SMILES string of the molecule is CC1(C2CC2)CN(Cc2ccnc3ccccc23)CCN1. The van der Waals surface area contributed by atoms with Gasteiger partial charge in [0.15, 0.2) is 0 Å². The van der Waals surface area contributed by atoms with Crippen LogP contribution in [0.4, 0.5) is 0 Å². The zero-order chi connectivity index (χ0) is 14.3. The van der Waals surface area contributed by atoms with Gasteiger partial charge in [0.1, 0.15) is 0 Å². The Bertz CT molecular complexity index is 644. The molecule has 1 aromatic heterocycles. The van der Waals surface area contributed by atoms with Crippen LogP contribution in [-0.2, 0) is 6.54 Å². The van der Waals surface area contributed by atoms with Gasteiger partial charge in [-0.3, -0.25) is 9.88 Å². The molecule has 1 N–H and O–H groups in total. The summed E-state index contributed by atoms with van der Waals surface area (Å²) in [6.45, 7) is 6.85. The van der Waals surface area contributed by atoms with Crippen LogP contribution in [0.3, 0.4) is 0 Å². The highest BCUT2D eigenvalue weighted by Crippen LogP contribution is 2.41. The molecular formula is C18H23N3. The summed E-state index contributed by atoms with van der Waals surface area (Å²) in [5, 5.41) is 5.05. The highest BCUT2D eigenvalue weighted by atomic mass is 15.2. The number of hydrogen-bond acceptors (Lipinski definition) is 3. The van der Waals surface area contributed by atoms with Crippen LogP contribution in [0.2, 0.25) is 0 Å². The van der Waals surface area contributed by atoms with E-state index >= 15 is 0 Å². The predicted molar refractivity (Wildman–Crippen MR) is 86.2 cm³/mol. The Morgan fingerprint density at radius 1 is 1.29 bits per heavy atom. The molecule has 3 nitrogen and oxygen atoms in total. The highest BCUT2D eigenvalue weighted by molar-refractivity contribution is 5.81. The maximum absolute atomic E-state index is 4.47. The molecule has 110 valence electrons. The molecule has 0 bridgehead atoms. The molecule has 0 amide bonds.